The molecule has 2 atom stereocenters. The predicted octanol–water partition coefficient (Wildman–Crippen LogP) is 6.98. The van der Waals surface area contributed by atoms with Gasteiger partial charge in [-0.1, -0.05) is 41.4 Å². The van der Waals surface area contributed by atoms with Gasteiger partial charge in [0.1, 0.15) is 5.75 Å². The van der Waals surface area contributed by atoms with Gasteiger partial charge in [-0.25, -0.2) is 0 Å². The summed E-state index contributed by atoms with van der Waals surface area (Å²) in [6, 6.07) is 21.4. The zero-order chi connectivity index (χ0) is 24.7. The van der Waals surface area contributed by atoms with Gasteiger partial charge in [0.15, 0.2) is 5.11 Å². The normalized spacial score (nSPS) is 17.5. The fourth-order valence-electron chi connectivity index (χ4n) is 4.83. The van der Waals surface area contributed by atoms with Crippen molar-refractivity contribution >= 4 is 46.2 Å². The molecule has 0 amide bonds. The first-order valence-electron chi connectivity index (χ1n) is 11.2. The van der Waals surface area contributed by atoms with Crippen LogP contribution in [0.25, 0.3) is 5.69 Å². The maximum Gasteiger partial charge on any atom is 0.174 e. The number of aryl methyl sites for hydroxylation is 1. The van der Waals surface area contributed by atoms with Gasteiger partial charge in [-0.05, 0) is 74.1 Å². The van der Waals surface area contributed by atoms with Crippen LogP contribution in [0.2, 0.25) is 10.0 Å². The van der Waals surface area contributed by atoms with Crippen LogP contribution in [-0.2, 0) is 0 Å². The summed E-state index contributed by atoms with van der Waals surface area (Å²) in [6.07, 6.45) is 1.81. The van der Waals surface area contributed by atoms with E-state index in [2.05, 4.69) is 39.7 Å². The number of halogens is 2. The Bertz CT molecular complexity index is 1410. The zero-order valence-electron chi connectivity index (χ0n) is 19.5. The molecule has 0 bridgehead atoms. The van der Waals surface area contributed by atoms with Crippen molar-refractivity contribution in [3.8, 4) is 11.4 Å². The van der Waals surface area contributed by atoms with Gasteiger partial charge >= 0.3 is 0 Å². The third kappa shape index (κ3) is 4.16. The highest BCUT2D eigenvalue weighted by Crippen LogP contribution is 2.44. The second-order valence-corrected chi connectivity index (χ2v) is 9.60. The molecule has 1 aliphatic rings. The lowest BCUT2D eigenvalue weighted by atomic mass is 9.96. The van der Waals surface area contributed by atoms with Crippen molar-refractivity contribution in [2.45, 2.75) is 25.9 Å². The summed E-state index contributed by atoms with van der Waals surface area (Å²) >= 11 is 18.9. The Balaban J connectivity index is 1.70. The molecule has 3 heterocycles. The fourth-order valence-corrected chi connectivity index (χ4v) is 5.56. The minimum absolute atomic E-state index is 0.151. The van der Waals surface area contributed by atoms with Crippen LogP contribution < -0.4 is 15.0 Å². The number of hydrogen-bond acceptors (Lipinski definition) is 3. The number of hydrogen-bond donors (Lipinski definition) is 1. The smallest absolute Gasteiger partial charge is 0.174 e. The van der Waals surface area contributed by atoms with E-state index in [1.54, 1.807) is 19.4 Å². The van der Waals surface area contributed by atoms with E-state index in [-0.39, 0.29) is 12.1 Å². The van der Waals surface area contributed by atoms with Crippen molar-refractivity contribution in [3.63, 3.8) is 0 Å². The molecule has 0 radical (unpaired) electrons. The third-order valence-corrected chi connectivity index (χ3v) is 7.51. The van der Waals surface area contributed by atoms with Crippen molar-refractivity contribution in [1.29, 1.82) is 0 Å². The summed E-state index contributed by atoms with van der Waals surface area (Å²) in [5.74, 6) is 0.765. The lowest BCUT2D eigenvalue weighted by molar-refractivity contribution is 0.415. The van der Waals surface area contributed by atoms with Crippen molar-refractivity contribution in [2.75, 3.05) is 12.0 Å². The second-order valence-electron chi connectivity index (χ2n) is 8.43. The summed E-state index contributed by atoms with van der Waals surface area (Å²) < 4.78 is 7.64. The second kappa shape index (κ2) is 9.53. The molecule has 2 aromatic heterocycles. The molecule has 0 aliphatic carbocycles. The van der Waals surface area contributed by atoms with Crippen LogP contribution in [-0.4, -0.2) is 21.8 Å². The van der Waals surface area contributed by atoms with E-state index in [0.29, 0.717) is 15.2 Å². The molecule has 1 fully saturated rings. The first kappa shape index (κ1) is 23.7. The Morgan fingerprint density at radius 3 is 2.54 bits per heavy atom. The first-order chi connectivity index (χ1) is 16.9. The number of anilines is 1. The highest BCUT2D eigenvalue weighted by molar-refractivity contribution is 7.80. The van der Waals surface area contributed by atoms with Crippen molar-refractivity contribution < 1.29 is 4.74 Å². The molecule has 8 heteroatoms. The first-order valence-corrected chi connectivity index (χ1v) is 12.3. The largest absolute Gasteiger partial charge is 0.497 e. The lowest BCUT2D eigenvalue weighted by Gasteiger charge is -2.28. The number of rotatable bonds is 5. The van der Waals surface area contributed by atoms with Crippen LogP contribution in [0.4, 0.5) is 5.69 Å². The quantitative estimate of drug-likeness (QED) is 0.286. The molecule has 1 saturated heterocycles. The molecule has 0 saturated carbocycles. The standard InChI is InChI=1S/C27H24Cl2N4OS/c1-16-14-20(17(2)32(16)23-12-7-10-21(28)24(23)29)26-25(22-11-4-5-13-30-22)31-27(35)33(26)18-8-6-9-19(15-18)34-3/h4-15,25-26H,1-3H3,(H,31,35)/t25-,26+/m1/s1. The molecule has 5 nitrogen and oxygen atoms in total. The molecule has 2 aromatic carbocycles. The zero-order valence-corrected chi connectivity index (χ0v) is 21.8. The molecule has 5 rings (SSSR count). The molecule has 1 N–H and O–H groups in total. The number of thiocarbonyl (C=S) groups is 1. The summed E-state index contributed by atoms with van der Waals surface area (Å²) in [5, 5.41) is 5.19. The van der Waals surface area contributed by atoms with Gasteiger partial charge in [0.25, 0.3) is 0 Å². The minimum Gasteiger partial charge on any atom is -0.497 e. The Morgan fingerprint density at radius 2 is 1.80 bits per heavy atom. The van der Waals surface area contributed by atoms with Crippen LogP contribution in [0.3, 0.4) is 0 Å². The van der Waals surface area contributed by atoms with Gasteiger partial charge in [0.05, 0.1) is 40.6 Å². The van der Waals surface area contributed by atoms with E-state index in [4.69, 9.17) is 40.2 Å². The topological polar surface area (TPSA) is 42.3 Å². The maximum absolute atomic E-state index is 6.63. The minimum atomic E-state index is -0.154. The molecule has 4 aromatic rings. The number of pyridine rings is 1. The highest BCUT2D eigenvalue weighted by atomic mass is 35.5. The van der Waals surface area contributed by atoms with Crippen LogP contribution >= 0.6 is 35.4 Å². The monoisotopic (exact) mass is 522 g/mol. The van der Waals surface area contributed by atoms with E-state index < -0.39 is 0 Å². The third-order valence-electron chi connectivity index (χ3n) is 6.39. The fraction of sp³-hybridized carbons (Fsp3) is 0.185. The van der Waals surface area contributed by atoms with Crippen molar-refractivity contribution in [2.24, 2.45) is 0 Å². The Labute approximate surface area is 220 Å². The summed E-state index contributed by atoms with van der Waals surface area (Å²) in [6.45, 7) is 4.17. The summed E-state index contributed by atoms with van der Waals surface area (Å²) in [7, 11) is 1.66. The Morgan fingerprint density at radius 1 is 1.00 bits per heavy atom. The van der Waals surface area contributed by atoms with E-state index in [1.165, 1.54) is 0 Å². The maximum atomic E-state index is 6.63. The van der Waals surface area contributed by atoms with Crippen LogP contribution in [0.1, 0.15) is 34.7 Å². The Kier molecular flexibility index (Phi) is 6.45. The van der Waals surface area contributed by atoms with Gasteiger partial charge in [0.2, 0.25) is 0 Å². The van der Waals surface area contributed by atoms with E-state index in [9.17, 15) is 0 Å². The van der Waals surface area contributed by atoms with E-state index >= 15 is 0 Å². The summed E-state index contributed by atoms with van der Waals surface area (Å²) in [5.41, 5.74) is 5.91. The number of methoxy groups -OCH3 is 1. The van der Waals surface area contributed by atoms with Gasteiger partial charge in [-0.2, -0.15) is 0 Å². The SMILES string of the molecule is COc1cccc(N2C(=S)N[C@H](c3ccccn3)[C@@H]2c2cc(C)n(-c3cccc(Cl)c3Cl)c2C)c1. The van der Waals surface area contributed by atoms with Gasteiger partial charge in [-0.3, -0.25) is 4.98 Å². The molecule has 178 valence electrons. The van der Waals surface area contributed by atoms with Crippen molar-refractivity contribution in [1.82, 2.24) is 14.9 Å². The molecular formula is C27H24Cl2N4OS. The highest BCUT2D eigenvalue weighted by Gasteiger charge is 2.42. The Hall–Kier alpha value is -3.06. The van der Waals surface area contributed by atoms with Gasteiger partial charge in [-0.15, -0.1) is 0 Å². The lowest BCUT2D eigenvalue weighted by Crippen LogP contribution is -2.29. The van der Waals surface area contributed by atoms with Crippen molar-refractivity contribution in [3.05, 3.63) is 106 Å². The number of aromatic nitrogens is 2. The van der Waals surface area contributed by atoms with Gasteiger partial charge in [0, 0.05) is 29.3 Å². The summed E-state index contributed by atoms with van der Waals surface area (Å²) in [4.78, 5) is 6.80. The molecule has 0 spiro atoms. The molecule has 1 aliphatic heterocycles. The van der Waals surface area contributed by atoms with Crippen LogP contribution in [0.5, 0.6) is 5.75 Å². The number of nitrogens with one attached hydrogen (secondary N) is 1. The van der Waals surface area contributed by atoms with E-state index in [0.717, 1.165) is 39.8 Å². The molecule has 0 unspecified atom stereocenters. The van der Waals surface area contributed by atoms with Crippen LogP contribution in [0, 0.1) is 13.8 Å². The van der Waals surface area contributed by atoms with Crippen LogP contribution in [0.15, 0.2) is 72.9 Å². The number of nitrogens with zero attached hydrogens (tertiary/aromatic N) is 3. The predicted molar refractivity (Wildman–Crippen MR) is 146 cm³/mol. The number of ether oxygens (including phenoxy) is 1. The average Bonchev–Trinajstić information content (AvgIpc) is 3.36. The van der Waals surface area contributed by atoms with Gasteiger partial charge < -0.3 is 19.5 Å². The van der Waals surface area contributed by atoms with E-state index in [1.807, 2.05) is 54.6 Å². The number of benzene rings is 2. The molecule has 35 heavy (non-hydrogen) atoms. The average molecular weight is 523 g/mol. The molecular weight excluding hydrogens is 499 g/mol.